The van der Waals surface area contributed by atoms with Crippen molar-refractivity contribution in [2.45, 2.75) is 19.6 Å². The van der Waals surface area contributed by atoms with E-state index in [1.165, 1.54) is 0 Å². The number of rotatable bonds is 5. The van der Waals surface area contributed by atoms with Gasteiger partial charge in [0.2, 0.25) is 0 Å². The molecule has 0 atom stereocenters. The summed E-state index contributed by atoms with van der Waals surface area (Å²) in [5.41, 5.74) is -1.51. The van der Waals surface area contributed by atoms with Gasteiger partial charge in [-0.25, -0.2) is 33.7 Å². The number of benzene rings is 2. The second-order valence-electron chi connectivity index (χ2n) is 5.39. The van der Waals surface area contributed by atoms with Crippen LogP contribution in [0, 0.1) is 0 Å². The third kappa shape index (κ3) is 11.5. The van der Waals surface area contributed by atoms with Crippen LogP contribution in [0.3, 0.4) is 0 Å². The second-order valence-corrected chi connectivity index (χ2v) is 11.5. The first kappa shape index (κ1) is 43.7. The molecule has 0 N–H and O–H groups in total. The molecule has 0 saturated heterocycles. The van der Waals surface area contributed by atoms with E-state index in [1.54, 1.807) is 0 Å². The van der Waals surface area contributed by atoms with Crippen LogP contribution in [0.1, 0.15) is 0 Å². The molecule has 2 aromatic rings. The van der Waals surface area contributed by atoms with Gasteiger partial charge in [-0.1, -0.05) is 23.2 Å². The first-order chi connectivity index (χ1) is 13.2. The summed E-state index contributed by atoms with van der Waals surface area (Å²) in [6.45, 7) is 0. The minimum atomic E-state index is -5.50. The fraction of sp³-hybridized carbons (Fsp3) is 0. The number of halogens is 2. The molecular formula is C12H4Cl2K4O12S4. The van der Waals surface area contributed by atoms with E-state index in [0.29, 0.717) is 24.3 Å². The van der Waals surface area contributed by atoms with E-state index >= 15 is 0 Å². The third-order valence-electron chi connectivity index (χ3n) is 3.42. The Balaban J connectivity index is -0.00000240. The molecule has 12 nitrogen and oxygen atoms in total. The van der Waals surface area contributed by atoms with Gasteiger partial charge in [0.25, 0.3) is 0 Å². The molecule has 0 saturated carbocycles. The zero-order chi connectivity index (χ0) is 23.4. The van der Waals surface area contributed by atoms with Crippen LogP contribution >= 0.6 is 23.2 Å². The Labute approximate surface area is 375 Å². The summed E-state index contributed by atoms with van der Waals surface area (Å²) in [6.07, 6.45) is 0. The molecule has 0 fully saturated rings. The molecular weight excluding hydrogens is 692 g/mol. The van der Waals surface area contributed by atoms with Crippen LogP contribution in [0.25, 0.3) is 11.1 Å². The van der Waals surface area contributed by atoms with Gasteiger partial charge in [-0.3, -0.25) is 0 Å². The SMILES string of the molecule is O=S(=O)([O-])c1cc(-c2cc(S(=O)(=O)[O-])c(Cl)c(S(=O)(=O)[O-])c2)cc(S(=O)(=O)[O-])c1Cl.[K+].[K+].[K+].[K+]. The molecule has 22 heteroatoms. The Hall–Kier alpha value is 5.21. The van der Waals surface area contributed by atoms with Crippen molar-refractivity contribution < 1.29 is 257 Å². The van der Waals surface area contributed by atoms with Crippen LogP contribution < -0.4 is 206 Å². The minimum absolute atomic E-state index is 0. The molecule has 34 heavy (non-hydrogen) atoms. The van der Waals surface area contributed by atoms with E-state index in [0.717, 1.165) is 0 Å². The van der Waals surface area contributed by atoms with Crippen molar-refractivity contribution in [3.63, 3.8) is 0 Å². The fourth-order valence-corrected chi connectivity index (χ4v) is 6.09. The maximum Gasteiger partial charge on any atom is 1.00 e. The van der Waals surface area contributed by atoms with Crippen molar-refractivity contribution in [3.8, 4) is 11.1 Å². The smallest absolute Gasteiger partial charge is 0.744 e. The third-order valence-corrected chi connectivity index (χ3v) is 8.13. The Bertz CT molecular complexity index is 1290. The van der Waals surface area contributed by atoms with Crippen LogP contribution in [0.5, 0.6) is 0 Å². The summed E-state index contributed by atoms with van der Waals surface area (Å²) in [6, 6.07) is 1.52. The predicted octanol–water partition coefficient (Wildman–Crippen LogP) is -11.7. The molecule has 0 aliphatic carbocycles. The van der Waals surface area contributed by atoms with Crippen molar-refractivity contribution in [2.24, 2.45) is 0 Å². The van der Waals surface area contributed by atoms with Gasteiger partial charge in [0.1, 0.15) is 40.5 Å². The Kier molecular flexibility index (Phi) is 20.8. The normalized spacial score (nSPS) is 11.8. The molecule has 2 aromatic carbocycles. The molecule has 166 valence electrons. The van der Waals surface area contributed by atoms with Gasteiger partial charge in [0.15, 0.2) is 0 Å². The summed E-state index contributed by atoms with van der Waals surface area (Å²) in [5.74, 6) is 0. The largest absolute Gasteiger partial charge is 1.00 e. The monoisotopic (exact) mass is 694 g/mol. The van der Waals surface area contributed by atoms with E-state index in [4.69, 9.17) is 23.2 Å². The molecule has 0 spiro atoms. The maximum absolute atomic E-state index is 11.4. The minimum Gasteiger partial charge on any atom is -0.744 e. The van der Waals surface area contributed by atoms with Crippen molar-refractivity contribution in [3.05, 3.63) is 34.3 Å². The van der Waals surface area contributed by atoms with Crippen LogP contribution in [0.2, 0.25) is 10.0 Å². The van der Waals surface area contributed by atoms with Gasteiger partial charge in [0, 0.05) is 0 Å². The van der Waals surface area contributed by atoms with Crippen LogP contribution in [-0.2, 0) is 40.5 Å². The van der Waals surface area contributed by atoms with Crippen molar-refractivity contribution >= 4 is 63.7 Å². The molecule has 0 unspecified atom stereocenters. The van der Waals surface area contributed by atoms with Gasteiger partial charge in [-0.2, -0.15) is 0 Å². The number of hydrogen-bond acceptors (Lipinski definition) is 12. The molecule has 0 aromatic heterocycles. The average molecular weight is 696 g/mol. The second kappa shape index (κ2) is 16.2. The summed E-state index contributed by atoms with van der Waals surface area (Å²) in [7, 11) is -22.0. The molecule has 0 heterocycles. The first-order valence-electron chi connectivity index (χ1n) is 6.75. The predicted molar refractivity (Wildman–Crippen MR) is 93.8 cm³/mol. The Morgan fingerprint density at radius 1 is 0.441 bits per heavy atom. The molecule has 0 radical (unpaired) electrons. The number of hydrogen-bond donors (Lipinski definition) is 0. The topological polar surface area (TPSA) is 229 Å². The Morgan fingerprint density at radius 2 is 0.588 bits per heavy atom. The molecule has 0 aliphatic rings. The molecule has 0 amide bonds. The summed E-state index contributed by atoms with van der Waals surface area (Å²) >= 11 is 11.0. The molecule has 0 bridgehead atoms. The standard InChI is InChI=1S/C12H8Cl2O12S4.4K/c13-11-7(27(15,16)17)1-5(2-8(11)28(18,19)20)6-3-9(29(21,22)23)12(14)10(4-6)30(24,25)26;;;;/h1-4H,(H,15,16,17)(H,18,19,20)(H,21,22,23)(H,24,25,26);;;;/q;4*+1/p-4. The van der Waals surface area contributed by atoms with Crippen molar-refractivity contribution in [1.82, 2.24) is 0 Å². The Morgan fingerprint density at radius 3 is 0.706 bits per heavy atom. The summed E-state index contributed by atoms with van der Waals surface area (Å²) in [5, 5.41) is -2.54. The summed E-state index contributed by atoms with van der Waals surface area (Å²) in [4.78, 5) is -5.71. The van der Waals surface area contributed by atoms with Crippen LogP contribution in [0.15, 0.2) is 43.8 Å². The van der Waals surface area contributed by atoms with Crippen molar-refractivity contribution in [1.29, 1.82) is 0 Å². The van der Waals surface area contributed by atoms with Crippen molar-refractivity contribution in [2.75, 3.05) is 0 Å². The van der Waals surface area contributed by atoms with Gasteiger partial charge < -0.3 is 18.2 Å². The zero-order valence-corrected chi connectivity index (χ0v) is 34.9. The first-order valence-corrected chi connectivity index (χ1v) is 13.1. The molecule has 0 aliphatic heterocycles. The van der Waals surface area contributed by atoms with Gasteiger partial charge >= 0.3 is 206 Å². The molecule has 2 rings (SSSR count). The van der Waals surface area contributed by atoms with Gasteiger partial charge in [0.05, 0.1) is 29.6 Å². The maximum atomic E-state index is 11.4. The fourth-order valence-electron chi connectivity index (χ4n) is 2.21. The van der Waals surface area contributed by atoms with Crippen LogP contribution in [-0.4, -0.2) is 51.9 Å². The zero-order valence-electron chi connectivity index (χ0n) is 17.6. The summed E-state index contributed by atoms with van der Waals surface area (Å²) < 4.78 is 136. The quantitative estimate of drug-likeness (QED) is 0.210. The van der Waals surface area contributed by atoms with Gasteiger partial charge in [-0.05, 0) is 35.4 Å². The average Bonchev–Trinajstić information content (AvgIpc) is 2.50. The van der Waals surface area contributed by atoms with E-state index < -0.39 is 81.2 Å². The van der Waals surface area contributed by atoms with E-state index in [9.17, 15) is 51.9 Å². The van der Waals surface area contributed by atoms with E-state index in [1.807, 2.05) is 0 Å². The van der Waals surface area contributed by atoms with Gasteiger partial charge in [-0.15, -0.1) is 0 Å². The van der Waals surface area contributed by atoms with Crippen LogP contribution in [0.4, 0.5) is 0 Å². The van der Waals surface area contributed by atoms with E-state index in [-0.39, 0.29) is 206 Å². The van der Waals surface area contributed by atoms with E-state index in [2.05, 4.69) is 0 Å².